The lowest BCUT2D eigenvalue weighted by atomic mass is 10.1. The molecule has 6 heteroatoms. The Kier molecular flexibility index (Phi) is 3.02. The van der Waals surface area contributed by atoms with E-state index in [2.05, 4.69) is 11.1 Å². The Morgan fingerprint density at radius 1 is 1.47 bits per heavy atom. The number of H-pyrrole nitrogens is 1. The molecule has 1 fully saturated rings. The second-order valence-electron chi connectivity index (χ2n) is 5.33. The van der Waals surface area contributed by atoms with Crippen molar-refractivity contribution < 1.29 is 8.42 Å². The summed E-state index contributed by atoms with van der Waals surface area (Å²) in [6.45, 7) is 2.72. The number of hydrogen-bond donors (Lipinski definition) is 1. The van der Waals surface area contributed by atoms with Gasteiger partial charge in [-0.05, 0) is 49.2 Å². The van der Waals surface area contributed by atoms with Crippen LogP contribution in [-0.2, 0) is 16.4 Å². The number of imidazole rings is 1. The number of sulfone groups is 1. The van der Waals surface area contributed by atoms with Gasteiger partial charge in [-0.1, -0.05) is 6.07 Å². The third kappa shape index (κ3) is 2.47. The van der Waals surface area contributed by atoms with Crippen molar-refractivity contribution >= 4 is 33.1 Å². The van der Waals surface area contributed by atoms with Gasteiger partial charge < -0.3 is 9.55 Å². The molecule has 1 aliphatic rings. The first-order valence-electron chi connectivity index (χ1n) is 6.34. The number of nitrogens with one attached hydrogen (secondary N) is 1. The second-order valence-corrected chi connectivity index (χ2v) is 7.95. The maximum absolute atomic E-state index is 11.5. The average Bonchev–Trinajstić information content (AvgIpc) is 2.80. The summed E-state index contributed by atoms with van der Waals surface area (Å²) in [4.78, 5) is 3.19. The first kappa shape index (κ1) is 12.9. The van der Waals surface area contributed by atoms with E-state index in [1.807, 2.05) is 23.6 Å². The molecule has 4 nitrogen and oxygen atoms in total. The first-order chi connectivity index (χ1) is 8.94. The molecule has 1 N–H and O–H groups in total. The van der Waals surface area contributed by atoms with Crippen molar-refractivity contribution in [2.45, 2.75) is 19.9 Å². The van der Waals surface area contributed by atoms with Crippen LogP contribution in [0.25, 0.3) is 11.0 Å². The molecule has 0 amide bonds. The summed E-state index contributed by atoms with van der Waals surface area (Å²) in [5, 5.41) is 0. The minimum Gasteiger partial charge on any atom is -0.331 e. The van der Waals surface area contributed by atoms with Crippen LogP contribution in [0, 0.1) is 17.6 Å². The van der Waals surface area contributed by atoms with Gasteiger partial charge in [-0.3, -0.25) is 0 Å². The summed E-state index contributed by atoms with van der Waals surface area (Å²) in [6.07, 6.45) is 0.739. The van der Waals surface area contributed by atoms with Crippen LogP contribution < -0.4 is 0 Å². The van der Waals surface area contributed by atoms with Gasteiger partial charge in [-0.25, -0.2) is 8.42 Å². The quantitative estimate of drug-likeness (QED) is 0.866. The minimum absolute atomic E-state index is 0.178. The van der Waals surface area contributed by atoms with Crippen LogP contribution in [0.2, 0.25) is 0 Å². The molecule has 3 rings (SSSR count). The summed E-state index contributed by atoms with van der Waals surface area (Å²) in [5.74, 6) is 0.775. The van der Waals surface area contributed by atoms with Crippen molar-refractivity contribution in [3.8, 4) is 0 Å². The van der Waals surface area contributed by atoms with Crippen LogP contribution in [0.15, 0.2) is 18.2 Å². The fraction of sp³-hybridized carbons (Fsp3) is 0.462. The molecule has 1 aliphatic heterocycles. The maximum atomic E-state index is 11.5. The number of aromatic amines is 1. The molecule has 0 radical (unpaired) electrons. The smallest absolute Gasteiger partial charge is 0.178 e. The van der Waals surface area contributed by atoms with Crippen LogP contribution in [0.4, 0.5) is 0 Å². The first-order valence-corrected chi connectivity index (χ1v) is 8.57. The van der Waals surface area contributed by atoms with E-state index in [1.54, 1.807) is 0 Å². The predicted octanol–water partition coefficient (Wildman–Crippen LogP) is 2.44. The van der Waals surface area contributed by atoms with E-state index in [4.69, 9.17) is 12.2 Å². The molecule has 1 atom stereocenters. The van der Waals surface area contributed by atoms with Gasteiger partial charge in [0.15, 0.2) is 14.6 Å². The summed E-state index contributed by atoms with van der Waals surface area (Å²) in [5.41, 5.74) is 3.25. The zero-order valence-corrected chi connectivity index (χ0v) is 12.4. The molecule has 19 heavy (non-hydrogen) atoms. The van der Waals surface area contributed by atoms with E-state index in [0.29, 0.717) is 17.1 Å². The van der Waals surface area contributed by atoms with E-state index in [1.165, 1.54) is 5.56 Å². The van der Waals surface area contributed by atoms with E-state index in [-0.39, 0.29) is 11.7 Å². The van der Waals surface area contributed by atoms with Crippen molar-refractivity contribution in [3.63, 3.8) is 0 Å². The second kappa shape index (κ2) is 4.45. The van der Waals surface area contributed by atoms with Gasteiger partial charge in [-0.15, -0.1) is 0 Å². The fourth-order valence-corrected chi connectivity index (χ4v) is 4.87. The van der Waals surface area contributed by atoms with Gasteiger partial charge >= 0.3 is 0 Å². The van der Waals surface area contributed by atoms with Crippen LogP contribution >= 0.6 is 12.2 Å². The minimum atomic E-state index is -2.83. The Morgan fingerprint density at radius 3 is 2.95 bits per heavy atom. The lowest BCUT2D eigenvalue weighted by molar-refractivity contribution is 0.495. The van der Waals surface area contributed by atoms with Crippen molar-refractivity contribution in [1.82, 2.24) is 9.55 Å². The van der Waals surface area contributed by atoms with Gasteiger partial charge in [-0.2, -0.15) is 0 Å². The van der Waals surface area contributed by atoms with Crippen molar-refractivity contribution in [1.29, 1.82) is 0 Å². The lowest BCUT2D eigenvalue weighted by Crippen LogP contribution is -2.12. The largest absolute Gasteiger partial charge is 0.331 e. The van der Waals surface area contributed by atoms with E-state index < -0.39 is 9.84 Å². The third-order valence-corrected chi connectivity index (χ3v) is 5.86. The van der Waals surface area contributed by atoms with Crippen molar-refractivity contribution in [2.24, 2.45) is 5.92 Å². The van der Waals surface area contributed by atoms with Gasteiger partial charge in [0, 0.05) is 6.54 Å². The van der Waals surface area contributed by atoms with Crippen LogP contribution in [0.3, 0.4) is 0 Å². The number of aromatic nitrogens is 2. The Bertz CT molecular complexity index is 787. The molecule has 0 aliphatic carbocycles. The molecule has 0 bridgehead atoms. The molecule has 2 heterocycles. The molecule has 1 aromatic heterocycles. The zero-order chi connectivity index (χ0) is 13.6. The normalized spacial score (nSPS) is 22.1. The van der Waals surface area contributed by atoms with Crippen LogP contribution in [0.5, 0.6) is 0 Å². The Morgan fingerprint density at radius 2 is 2.26 bits per heavy atom. The Hall–Kier alpha value is -1.14. The lowest BCUT2D eigenvalue weighted by Gasteiger charge is -2.09. The molecule has 1 unspecified atom stereocenters. The number of rotatable bonds is 2. The molecule has 1 aromatic carbocycles. The van der Waals surface area contributed by atoms with Gasteiger partial charge in [0.05, 0.1) is 22.5 Å². The van der Waals surface area contributed by atoms with Crippen LogP contribution in [-0.4, -0.2) is 29.5 Å². The van der Waals surface area contributed by atoms with E-state index >= 15 is 0 Å². The Labute approximate surface area is 117 Å². The molecular weight excluding hydrogens is 280 g/mol. The summed E-state index contributed by atoms with van der Waals surface area (Å²) < 4.78 is 25.7. The van der Waals surface area contributed by atoms with Gasteiger partial charge in [0.1, 0.15) is 0 Å². The van der Waals surface area contributed by atoms with Gasteiger partial charge in [0.2, 0.25) is 0 Å². The molecule has 1 saturated heterocycles. The highest BCUT2D eigenvalue weighted by atomic mass is 32.2. The highest BCUT2D eigenvalue weighted by Gasteiger charge is 2.28. The van der Waals surface area contributed by atoms with E-state index in [9.17, 15) is 8.42 Å². The summed E-state index contributed by atoms with van der Waals surface area (Å²) >= 11 is 5.35. The zero-order valence-electron chi connectivity index (χ0n) is 10.7. The van der Waals surface area contributed by atoms with Gasteiger partial charge in [0.25, 0.3) is 0 Å². The average molecular weight is 296 g/mol. The van der Waals surface area contributed by atoms with Crippen molar-refractivity contribution in [3.05, 3.63) is 28.5 Å². The summed E-state index contributed by atoms with van der Waals surface area (Å²) in [6, 6.07) is 6.15. The third-order valence-electron chi connectivity index (χ3n) is 3.70. The molecule has 0 saturated carbocycles. The van der Waals surface area contributed by atoms with E-state index in [0.717, 1.165) is 17.5 Å². The summed E-state index contributed by atoms with van der Waals surface area (Å²) in [7, 11) is -2.83. The molecule has 0 spiro atoms. The standard InChI is InChI=1S/C13H16N2O2S2/c1-9-2-3-12-11(6-9)14-13(18)15(12)7-10-4-5-19(16,17)8-10/h2-3,6,10H,4-5,7-8H2,1H3,(H,14,18). The fourth-order valence-electron chi connectivity index (χ4n) is 2.73. The maximum Gasteiger partial charge on any atom is 0.178 e. The number of aryl methyl sites for hydroxylation is 1. The SMILES string of the molecule is Cc1ccc2c(c1)[nH]c(=S)n2CC1CCS(=O)(=O)C1. The topological polar surface area (TPSA) is 54.9 Å². The predicted molar refractivity (Wildman–Crippen MR) is 78.6 cm³/mol. The number of nitrogens with zero attached hydrogens (tertiary/aromatic N) is 1. The number of hydrogen-bond acceptors (Lipinski definition) is 3. The molecule has 2 aromatic rings. The van der Waals surface area contributed by atoms with Crippen LogP contribution in [0.1, 0.15) is 12.0 Å². The molecular formula is C13H16N2O2S2. The molecule has 102 valence electrons. The Balaban J connectivity index is 1.97. The highest BCUT2D eigenvalue weighted by molar-refractivity contribution is 7.91. The van der Waals surface area contributed by atoms with Crippen molar-refractivity contribution in [2.75, 3.05) is 11.5 Å². The highest BCUT2D eigenvalue weighted by Crippen LogP contribution is 2.23. The number of benzene rings is 1. The number of fused-ring (bicyclic) bond motifs is 1. The monoisotopic (exact) mass is 296 g/mol.